The summed E-state index contributed by atoms with van der Waals surface area (Å²) in [4.78, 5) is 10.5. The second kappa shape index (κ2) is 4.96. The third kappa shape index (κ3) is 2.01. The summed E-state index contributed by atoms with van der Waals surface area (Å²) >= 11 is 0. The van der Waals surface area contributed by atoms with E-state index in [1.54, 1.807) is 6.26 Å². The first-order valence-corrected chi connectivity index (χ1v) is 7.55. The van der Waals surface area contributed by atoms with Gasteiger partial charge < -0.3 is 14.2 Å². The normalized spacial score (nSPS) is 21.6. The van der Waals surface area contributed by atoms with Crippen molar-refractivity contribution in [1.29, 1.82) is 0 Å². The van der Waals surface area contributed by atoms with Crippen LogP contribution in [0.25, 0.3) is 0 Å². The van der Waals surface area contributed by atoms with E-state index in [9.17, 15) is 0 Å². The van der Waals surface area contributed by atoms with Gasteiger partial charge >= 0.3 is 0 Å². The Morgan fingerprint density at radius 3 is 3.00 bits per heavy atom. The van der Waals surface area contributed by atoms with Crippen LogP contribution < -0.4 is 0 Å². The molecule has 0 aromatic carbocycles. The van der Waals surface area contributed by atoms with Crippen LogP contribution in [0.3, 0.4) is 0 Å². The molecule has 2 aromatic heterocycles. The molecule has 0 aliphatic carbocycles. The SMILES string of the molecule is Cc1conc1CN1CCc2[nH]cnc2C12CCOCC2. The molecule has 0 saturated carbocycles. The van der Waals surface area contributed by atoms with Crippen molar-refractivity contribution in [1.82, 2.24) is 20.0 Å². The highest BCUT2D eigenvalue weighted by atomic mass is 16.5. The Kier molecular flexibility index (Phi) is 3.08. The Hall–Kier alpha value is -1.66. The van der Waals surface area contributed by atoms with Crippen LogP contribution in [0.1, 0.15) is 35.5 Å². The number of aryl methyl sites for hydroxylation is 1. The minimum atomic E-state index is -0.0166. The van der Waals surface area contributed by atoms with E-state index in [1.165, 1.54) is 11.4 Å². The average molecular weight is 288 g/mol. The van der Waals surface area contributed by atoms with E-state index < -0.39 is 0 Å². The Labute approximate surface area is 123 Å². The van der Waals surface area contributed by atoms with E-state index in [0.29, 0.717) is 0 Å². The monoisotopic (exact) mass is 288 g/mol. The van der Waals surface area contributed by atoms with Gasteiger partial charge in [-0.25, -0.2) is 4.98 Å². The molecule has 1 spiro atoms. The predicted octanol–water partition coefficient (Wildman–Crippen LogP) is 1.77. The van der Waals surface area contributed by atoms with Gasteiger partial charge in [0.1, 0.15) is 12.0 Å². The number of imidazole rings is 1. The molecule has 0 amide bonds. The Balaban J connectivity index is 1.71. The zero-order valence-electron chi connectivity index (χ0n) is 12.3. The summed E-state index contributed by atoms with van der Waals surface area (Å²) in [6.07, 6.45) is 6.53. The molecule has 0 atom stereocenters. The zero-order valence-corrected chi connectivity index (χ0v) is 12.3. The smallest absolute Gasteiger partial charge is 0.127 e. The number of H-pyrrole nitrogens is 1. The van der Waals surface area contributed by atoms with Crippen molar-refractivity contribution in [3.8, 4) is 0 Å². The van der Waals surface area contributed by atoms with Crippen molar-refractivity contribution in [2.24, 2.45) is 0 Å². The number of aromatic amines is 1. The molecule has 6 heteroatoms. The van der Waals surface area contributed by atoms with Crippen molar-refractivity contribution < 1.29 is 9.26 Å². The van der Waals surface area contributed by atoms with Gasteiger partial charge in [-0.15, -0.1) is 0 Å². The van der Waals surface area contributed by atoms with E-state index in [1.807, 2.05) is 13.3 Å². The quantitative estimate of drug-likeness (QED) is 0.912. The van der Waals surface area contributed by atoms with Crippen LogP contribution in [0.15, 0.2) is 17.1 Å². The molecule has 0 unspecified atom stereocenters. The van der Waals surface area contributed by atoms with Crippen molar-refractivity contribution >= 4 is 0 Å². The summed E-state index contributed by atoms with van der Waals surface area (Å²) in [5.41, 5.74) is 4.62. The maximum atomic E-state index is 5.60. The molecule has 112 valence electrons. The maximum Gasteiger partial charge on any atom is 0.127 e. The zero-order chi connectivity index (χ0) is 14.3. The van der Waals surface area contributed by atoms with Gasteiger partial charge in [-0.2, -0.15) is 0 Å². The second-order valence-electron chi connectivity index (χ2n) is 5.99. The fraction of sp³-hybridized carbons (Fsp3) is 0.600. The molecule has 0 radical (unpaired) electrons. The molecular weight excluding hydrogens is 268 g/mol. The highest BCUT2D eigenvalue weighted by Crippen LogP contribution is 2.42. The highest BCUT2D eigenvalue weighted by molar-refractivity contribution is 5.27. The van der Waals surface area contributed by atoms with Gasteiger partial charge in [0.05, 0.1) is 17.6 Å². The van der Waals surface area contributed by atoms with Crippen LogP contribution in [0, 0.1) is 6.92 Å². The molecular formula is C15H20N4O2. The number of hydrogen-bond acceptors (Lipinski definition) is 5. The van der Waals surface area contributed by atoms with E-state index in [4.69, 9.17) is 9.26 Å². The summed E-state index contributed by atoms with van der Waals surface area (Å²) in [6, 6.07) is 0. The molecule has 2 aliphatic heterocycles. The van der Waals surface area contributed by atoms with Crippen LogP contribution in [0.5, 0.6) is 0 Å². The first kappa shape index (κ1) is 13.0. The van der Waals surface area contributed by atoms with Gasteiger partial charge in [-0.05, 0) is 19.8 Å². The van der Waals surface area contributed by atoms with E-state index in [0.717, 1.165) is 56.8 Å². The van der Waals surface area contributed by atoms with Crippen molar-refractivity contribution in [3.05, 3.63) is 35.2 Å². The summed E-state index contributed by atoms with van der Waals surface area (Å²) in [7, 11) is 0. The standard InChI is InChI=1S/C15H20N4O2/c1-11-9-21-18-13(11)8-19-5-2-12-14(17-10-16-12)15(19)3-6-20-7-4-15/h9-10H,2-8H2,1H3,(H,16,17). The predicted molar refractivity (Wildman–Crippen MR) is 75.7 cm³/mol. The number of nitrogens with one attached hydrogen (secondary N) is 1. The van der Waals surface area contributed by atoms with Gasteiger partial charge in [0.2, 0.25) is 0 Å². The number of nitrogens with zero attached hydrogens (tertiary/aromatic N) is 3. The van der Waals surface area contributed by atoms with Crippen molar-refractivity contribution in [2.75, 3.05) is 19.8 Å². The first-order valence-electron chi connectivity index (χ1n) is 7.55. The molecule has 1 N–H and O–H groups in total. The first-order chi connectivity index (χ1) is 10.3. The second-order valence-corrected chi connectivity index (χ2v) is 5.99. The topological polar surface area (TPSA) is 67.2 Å². The van der Waals surface area contributed by atoms with Crippen LogP contribution in [-0.2, 0) is 23.2 Å². The number of aromatic nitrogens is 3. The minimum Gasteiger partial charge on any atom is -0.381 e. The number of ether oxygens (including phenoxy) is 1. The lowest BCUT2D eigenvalue weighted by Gasteiger charge is -2.48. The Bertz CT molecular complexity index is 627. The van der Waals surface area contributed by atoms with Crippen molar-refractivity contribution in [2.45, 2.75) is 38.3 Å². The molecule has 0 bridgehead atoms. The summed E-state index contributed by atoms with van der Waals surface area (Å²) < 4.78 is 10.7. The third-order valence-electron chi connectivity index (χ3n) is 4.90. The number of fused-ring (bicyclic) bond motifs is 2. The molecule has 1 fully saturated rings. The highest BCUT2D eigenvalue weighted by Gasteiger charge is 2.45. The summed E-state index contributed by atoms with van der Waals surface area (Å²) in [6.45, 7) is 5.46. The largest absolute Gasteiger partial charge is 0.381 e. The van der Waals surface area contributed by atoms with Gasteiger partial charge in [-0.3, -0.25) is 4.90 Å². The van der Waals surface area contributed by atoms with E-state index in [-0.39, 0.29) is 5.54 Å². The van der Waals surface area contributed by atoms with Crippen LogP contribution in [0.2, 0.25) is 0 Å². The van der Waals surface area contributed by atoms with Crippen LogP contribution in [0.4, 0.5) is 0 Å². The molecule has 21 heavy (non-hydrogen) atoms. The van der Waals surface area contributed by atoms with Crippen molar-refractivity contribution in [3.63, 3.8) is 0 Å². The van der Waals surface area contributed by atoms with E-state index in [2.05, 4.69) is 20.0 Å². The van der Waals surface area contributed by atoms with Gasteiger partial charge in [0, 0.05) is 44.0 Å². The molecule has 2 aliphatic rings. The Morgan fingerprint density at radius 2 is 2.24 bits per heavy atom. The molecule has 6 nitrogen and oxygen atoms in total. The lowest BCUT2D eigenvalue weighted by molar-refractivity contribution is -0.0458. The molecule has 4 heterocycles. The number of rotatable bonds is 2. The average Bonchev–Trinajstić information content (AvgIpc) is 3.13. The fourth-order valence-corrected chi connectivity index (χ4v) is 3.66. The molecule has 2 aromatic rings. The van der Waals surface area contributed by atoms with E-state index >= 15 is 0 Å². The minimum absolute atomic E-state index is 0.0166. The lowest BCUT2D eigenvalue weighted by atomic mass is 9.80. The van der Waals surface area contributed by atoms with Crippen LogP contribution in [-0.4, -0.2) is 39.8 Å². The number of hydrogen-bond donors (Lipinski definition) is 1. The molecule has 1 saturated heterocycles. The van der Waals surface area contributed by atoms with Gasteiger partial charge in [0.15, 0.2) is 0 Å². The summed E-state index contributed by atoms with van der Waals surface area (Å²) in [5.74, 6) is 0. The van der Waals surface area contributed by atoms with Gasteiger partial charge in [0.25, 0.3) is 0 Å². The maximum absolute atomic E-state index is 5.60. The summed E-state index contributed by atoms with van der Waals surface area (Å²) in [5, 5.41) is 4.16. The molecule has 4 rings (SSSR count). The Morgan fingerprint density at radius 1 is 1.38 bits per heavy atom. The van der Waals surface area contributed by atoms with Crippen LogP contribution >= 0.6 is 0 Å². The lowest BCUT2D eigenvalue weighted by Crippen LogP contribution is -2.53. The third-order valence-corrected chi connectivity index (χ3v) is 4.90. The van der Waals surface area contributed by atoms with Gasteiger partial charge in [-0.1, -0.05) is 5.16 Å². The fourth-order valence-electron chi connectivity index (χ4n) is 3.66.